The maximum Gasteiger partial charge on any atom is 0.333 e. The molecule has 0 spiro atoms. The molecule has 3 atom stereocenters. The Bertz CT molecular complexity index is 4400. The zero-order valence-corrected chi connectivity index (χ0v) is 56.9. The first kappa shape index (κ1) is 72.8. The van der Waals surface area contributed by atoms with Gasteiger partial charge in [-0.3, -0.25) is 38.0 Å². The van der Waals surface area contributed by atoms with Gasteiger partial charge in [-0.25, -0.2) is 18.0 Å². The number of nitrogen functional groups attached to an aromatic ring is 1. The Morgan fingerprint density at radius 1 is 0.470 bits per heavy atom. The largest absolute Gasteiger partial charge is 0.478 e. The number of nitrogens with one attached hydrogen (secondary N) is 5. The molecule has 0 saturated heterocycles. The van der Waals surface area contributed by atoms with Crippen molar-refractivity contribution in [2.45, 2.75) is 125 Å². The van der Waals surface area contributed by atoms with Gasteiger partial charge >= 0.3 is 5.97 Å². The first-order valence-electron chi connectivity index (χ1n) is 32.8. The van der Waals surface area contributed by atoms with Crippen LogP contribution in [0.4, 0.5) is 30.2 Å². The highest BCUT2D eigenvalue weighted by atomic mass is 19.1. The summed E-state index contributed by atoms with van der Waals surface area (Å²) < 4.78 is 45.3. The van der Waals surface area contributed by atoms with Crippen molar-refractivity contribution in [2.24, 2.45) is 0 Å². The molecular weight excluding hydrogens is 1280 g/mol. The van der Waals surface area contributed by atoms with Crippen LogP contribution in [0.15, 0.2) is 181 Å². The van der Waals surface area contributed by atoms with Crippen LogP contribution in [0.5, 0.6) is 0 Å². The molecule has 23 heteroatoms. The summed E-state index contributed by atoms with van der Waals surface area (Å²) in [6.45, 7) is 18.4. The predicted molar refractivity (Wildman–Crippen MR) is 378 cm³/mol. The molecule has 3 aromatic heterocycles. The van der Waals surface area contributed by atoms with Gasteiger partial charge in [-0.05, 0) is 161 Å². The number of nitrogens with two attached hydrogens (primary N) is 1. The lowest BCUT2D eigenvalue weighted by Crippen LogP contribution is -2.32. The topological polar surface area (TPSA) is 283 Å². The van der Waals surface area contributed by atoms with E-state index in [0.29, 0.717) is 40.2 Å². The molecule has 3 aliphatic rings. The number of hydrogen-bond donors (Lipinski definition) is 8. The number of aliphatic hydroxyl groups is 1. The number of nitrogens with zero attached hydrogens (tertiary/aromatic N) is 6. The fourth-order valence-corrected chi connectivity index (χ4v) is 11.6. The summed E-state index contributed by atoms with van der Waals surface area (Å²) in [4.78, 5) is 72.7. The number of benzene rings is 6. The maximum absolute atomic E-state index is 13.4. The number of anilines is 3. The van der Waals surface area contributed by atoms with E-state index in [-0.39, 0.29) is 72.6 Å². The van der Waals surface area contributed by atoms with Gasteiger partial charge in [0.05, 0.1) is 35.8 Å². The minimum Gasteiger partial charge on any atom is -0.478 e. The highest BCUT2D eigenvalue weighted by molar-refractivity contribution is 6.08. The van der Waals surface area contributed by atoms with E-state index in [1.807, 2.05) is 105 Å². The van der Waals surface area contributed by atoms with Gasteiger partial charge in [0.25, 0.3) is 11.8 Å². The molecule has 9 aromatic rings. The lowest BCUT2D eigenvalue weighted by atomic mass is 9.86. The monoisotopic (exact) mass is 1360 g/mol. The van der Waals surface area contributed by atoms with Crippen LogP contribution in [-0.2, 0) is 48.4 Å². The van der Waals surface area contributed by atoms with Crippen LogP contribution in [0.1, 0.15) is 114 Å². The van der Waals surface area contributed by atoms with Crippen molar-refractivity contribution in [3.05, 3.63) is 249 Å². The van der Waals surface area contributed by atoms with E-state index in [4.69, 9.17) is 15.9 Å². The van der Waals surface area contributed by atoms with Crippen LogP contribution in [-0.4, -0.2) is 81.7 Å². The molecule has 12 rings (SSSR count). The SMILES string of the molecule is CCCn1nc(-c2ccc(C)c(N)c2)cc1C.CCCn1nc(-c2ccc(C)c(NC(=O)C3=CNC(=O)C[C@H]3c3ccc(F)cc3)c2)cc1C.Cc1ccc(-c2cc(C)n(CCO)n2)cc1NC(=O)C1=CNC(=O)C[C@H]1c1ccc(F)cc1.O=C1C[C@@H](c2ccc(F)cc2)C(C(=O)O)=CN1. The van der Waals surface area contributed by atoms with Crippen LogP contribution in [0.25, 0.3) is 33.8 Å². The minimum atomic E-state index is -1.08. The Morgan fingerprint density at radius 3 is 1.12 bits per heavy atom. The Hall–Kier alpha value is -11.5. The number of aliphatic hydroxyl groups excluding tert-OH is 1. The van der Waals surface area contributed by atoms with Crippen molar-refractivity contribution in [3.63, 3.8) is 0 Å². The average Bonchev–Trinajstić information content (AvgIpc) is 0.883. The molecule has 0 fully saturated rings. The number of carboxylic acid groups (broad SMARTS) is 1. The third-order valence-electron chi connectivity index (χ3n) is 17.3. The molecule has 0 bridgehead atoms. The highest BCUT2D eigenvalue weighted by Crippen LogP contribution is 2.36. The predicted octanol–water partition coefficient (Wildman–Crippen LogP) is 12.8. The van der Waals surface area contributed by atoms with E-state index < -0.39 is 29.5 Å². The van der Waals surface area contributed by atoms with E-state index in [2.05, 4.69) is 69.7 Å². The van der Waals surface area contributed by atoms with Crippen molar-refractivity contribution in [2.75, 3.05) is 23.0 Å². The van der Waals surface area contributed by atoms with Crippen molar-refractivity contribution in [1.82, 2.24) is 45.3 Å². The number of carbonyl (C=O) groups excluding carboxylic acids is 5. The summed E-state index contributed by atoms with van der Waals surface area (Å²) in [5, 5.41) is 45.6. The second-order valence-electron chi connectivity index (χ2n) is 24.7. The smallest absolute Gasteiger partial charge is 0.333 e. The molecule has 0 aliphatic carbocycles. The third-order valence-corrected chi connectivity index (χ3v) is 17.3. The number of aryl methyl sites for hydroxylation is 8. The van der Waals surface area contributed by atoms with Crippen molar-refractivity contribution < 1.29 is 52.2 Å². The summed E-state index contributed by atoms with van der Waals surface area (Å²) in [5.41, 5.74) is 22.5. The van der Waals surface area contributed by atoms with Crippen LogP contribution in [0, 0.1) is 59.0 Å². The Labute approximate surface area is 577 Å². The molecule has 5 amide bonds. The van der Waals surface area contributed by atoms with Gasteiger partial charge in [-0.15, -0.1) is 0 Å². The van der Waals surface area contributed by atoms with Crippen LogP contribution in [0.2, 0.25) is 0 Å². The number of hydrogen-bond acceptors (Lipinski definition) is 11. The summed E-state index contributed by atoms with van der Waals surface area (Å²) in [7, 11) is 0. The number of aromatic nitrogens is 6. The average molecular weight is 1360 g/mol. The molecule has 6 aromatic carbocycles. The lowest BCUT2D eigenvalue weighted by Gasteiger charge is -2.24. The first-order chi connectivity index (χ1) is 47.9. The van der Waals surface area contributed by atoms with Gasteiger partial charge in [0, 0.05) is 131 Å². The zero-order valence-electron chi connectivity index (χ0n) is 56.9. The quantitative estimate of drug-likeness (QED) is 0.0395. The van der Waals surface area contributed by atoms with Gasteiger partial charge in [0.15, 0.2) is 0 Å². The molecule has 9 N–H and O–H groups in total. The third kappa shape index (κ3) is 18.4. The summed E-state index contributed by atoms with van der Waals surface area (Å²) >= 11 is 0. The van der Waals surface area contributed by atoms with Crippen molar-refractivity contribution in [1.29, 1.82) is 0 Å². The number of carbonyl (C=O) groups is 6. The fourth-order valence-electron chi connectivity index (χ4n) is 11.6. The maximum atomic E-state index is 13.4. The number of carboxylic acids is 1. The normalized spacial score (nSPS) is 15.5. The number of rotatable bonds is 17. The van der Waals surface area contributed by atoms with Crippen LogP contribution < -0.4 is 32.3 Å². The Morgan fingerprint density at radius 2 is 0.790 bits per heavy atom. The van der Waals surface area contributed by atoms with Crippen LogP contribution >= 0.6 is 0 Å². The molecule has 100 heavy (non-hydrogen) atoms. The standard InChI is InChI=1S/C26H27FN4O2.C25H25FN4O3.C14H19N3.C12H10FNO3/c1-4-11-31-17(3)12-24(30-31)19-6-5-16(2)23(13-19)29-26(33)22-15-28-25(32)14-21(22)18-7-9-20(27)10-8-18;1-15-3-4-18(23-11-16(2)30(29-23)9-10-31)12-22(15)28-25(33)21-14-27-24(32)13-20(21)17-5-7-19(26)8-6-17;1-4-7-17-11(3)8-14(16-17)12-6-5-10(2)13(15)9-12;13-8-3-1-7(2-4-8)9-5-11(15)14-6-10(9)12(16)17/h5-10,12-13,15,21H,4,11,14H2,1-3H3,(H,28,32)(H,29,33);3-8,11-12,14,20,31H,9-10,13H2,1-2H3,(H,27,32)(H,28,33);5-6,8-9H,4,7,15H2,1-3H3;1-4,6,9H,5H2,(H,14,15)(H,16,17)/t21-;20-;;9-/m00.0/s1. The highest BCUT2D eigenvalue weighted by Gasteiger charge is 2.32. The van der Waals surface area contributed by atoms with Gasteiger partial charge in [-0.1, -0.05) is 86.6 Å². The van der Waals surface area contributed by atoms with Gasteiger partial charge in [0.2, 0.25) is 17.7 Å². The number of amides is 5. The summed E-state index contributed by atoms with van der Waals surface area (Å²) in [6.07, 6.45) is 6.45. The van der Waals surface area contributed by atoms with Gasteiger partial charge in [-0.2, -0.15) is 15.3 Å². The fraction of sp³-hybridized carbons (Fsp3) is 0.260. The molecule has 20 nitrogen and oxygen atoms in total. The van der Waals surface area contributed by atoms with Crippen molar-refractivity contribution >= 4 is 52.6 Å². The molecule has 518 valence electrons. The Kier molecular flexibility index (Phi) is 24.2. The van der Waals surface area contributed by atoms with E-state index in [9.17, 15) is 47.0 Å². The van der Waals surface area contributed by atoms with Crippen LogP contribution in [0.3, 0.4) is 0 Å². The second kappa shape index (κ2) is 33.2. The van der Waals surface area contributed by atoms with E-state index in [1.54, 1.807) is 28.9 Å². The number of aliphatic carboxylic acids is 1. The van der Waals surface area contributed by atoms with E-state index >= 15 is 0 Å². The molecule has 0 unspecified atom stereocenters. The molecule has 3 aliphatic heterocycles. The van der Waals surface area contributed by atoms with Crippen molar-refractivity contribution in [3.8, 4) is 33.8 Å². The molecular formula is C77H81F3N12O8. The van der Waals surface area contributed by atoms with Gasteiger partial charge in [0.1, 0.15) is 17.5 Å². The Balaban J connectivity index is 0.000000163. The van der Waals surface area contributed by atoms with E-state index in [1.165, 1.54) is 72.8 Å². The van der Waals surface area contributed by atoms with E-state index in [0.717, 1.165) is 99.0 Å². The first-order valence-corrected chi connectivity index (χ1v) is 32.8. The lowest BCUT2D eigenvalue weighted by molar-refractivity contribution is -0.133. The zero-order chi connectivity index (χ0) is 71.9. The molecule has 0 radical (unpaired) electrons. The van der Waals surface area contributed by atoms with Gasteiger partial charge < -0.3 is 42.5 Å². The number of halogens is 3. The summed E-state index contributed by atoms with van der Waals surface area (Å²) in [5.74, 6) is -4.94. The summed E-state index contributed by atoms with van der Waals surface area (Å²) in [6, 6.07) is 41.0. The molecule has 0 saturated carbocycles. The molecule has 6 heterocycles. The minimum absolute atomic E-state index is 0.00195. The second-order valence-corrected chi connectivity index (χ2v) is 24.7.